The van der Waals surface area contributed by atoms with Crippen molar-refractivity contribution in [2.75, 3.05) is 6.54 Å². The summed E-state index contributed by atoms with van der Waals surface area (Å²) >= 11 is 0. The second-order valence-corrected chi connectivity index (χ2v) is 7.78. The molecule has 2 aromatic rings. The maximum Gasteiger partial charge on any atom is 0.404 e. The number of aliphatic hydroxyl groups is 1. The number of hydrogen-bond donors (Lipinski definition) is 4. The first-order valence-corrected chi connectivity index (χ1v) is 9.12. The fourth-order valence-corrected chi connectivity index (χ4v) is 2.81. The highest BCUT2D eigenvalue weighted by molar-refractivity contribution is 5.65. The molecule has 4 N–H and O–H groups in total. The van der Waals surface area contributed by atoms with Crippen molar-refractivity contribution in [3.05, 3.63) is 65.5 Å². The van der Waals surface area contributed by atoms with Crippen LogP contribution < -0.4 is 10.6 Å². The SMILES string of the molecule is CC(C)(C)c1cncc(CNC[C@@H](O)[C@H](Cc2ccccc2)NC(=O)O)c1. The Balaban J connectivity index is 1.93. The molecule has 0 saturated carbocycles. The van der Waals surface area contributed by atoms with E-state index in [2.05, 4.69) is 42.5 Å². The van der Waals surface area contributed by atoms with Crippen molar-refractivity contribution in [3.63, 3.8) is 0 Å². The molecule has 6 nitrogen and oxygen atoms in total. The molecule has 0 bridgehead atoms. The third kappa shape index (κ3) is 7.00. The zero-order valence-electron chi connectivity index (χ0n) is 16.1. The van der Waals surface area contributed by atoms with E-state index in [-0.39, 0.29) is 12.0 Å². The fraction of sp³-hybridized carbons (Fsp3) is 0.429. The van der Waals surface area contributed by atoms with Crippen LogP contribution in [0.4, 0.5) is 4.79 Å². The molecule has 1 amide bonds. The maximum atomic E-state index is 11.1. The maximum absolute atomic E-state index is 11.1. The van der Waals surface area contributed by atoms with Crippen LogP contribution in [0.15, 0.2) is 48.8 Å². The number of amides is 1. The Morgan fingerprint density at radius 3 is 2.48 bits per heavy atom. The Morgan fingerprint density at radius 1 is 1.15 bits per heavy atom. The first-order chi connectivity index (χ1) is 12.8. The zero-order chi connectivity index (χ0) is 19.9. The molecule has 0 saturated heterocycles. The third-order valence-electron chi connectivity index (χ3n) is 4.42. The van der Waals surface area contributed by atoms with Gasteiger partial charge < -0.3 is 20.8 Å². The smallest absolute Gasteiger partial charge is 0.404 e. The van der Waals surface area contributed by atoms with E-state index in [1.807, 2.05) is 36.5 Å². The molecule has 0 unspecified atom stereocenters. The number of aliphatic hydroxyl groups excluding tert-OH is 1. The number of benzene rings is 1. The second-order valence-electron chi connectivity index (χ2n) is 7.78. The van der Waals surface area contributed by atoms with Gasteiger partial charge in [-0.3, -0.25) is 4.98 Å². The van der Waals surface area contributed by atoms with Crippen molar-refractivity contribution in [2.24, 2.45) is 0 Å². The number of nitrogens with one attached hydrogen (secondary N) is 2. The molecule has 1 heterocycles. The van der Waals surface area contributed by atoms with E-state index in [1.54, 1.807) is 6.20 Å². The molecule has 2 atom stereocenters. The van der Waals surface area contributed by atoms with Gasteiger partial charge in [-0.15, -0.1) is 0 Å². The molecule has 0 spiro atoms. The van der Waals surface area contributed by atoms with Gasteiger partial charge in [0.25, 0.3) is 0 Å². The standard InChI is InChI=1S/C21H29N3O3/c1-21(2,3)17-9-16(11-22-13-17)12-23-14-19(25)18(24-20(26)27)10-15-7-5-4-6-8-15/h4-9,11,13,18-19,23-25H,10,12,14H2,1-3H3,(H,26,27)/t18-,19+/m0/s1. The minimum atomic E-state index is -1.14. The van der Waals surface area contributed by atoms with Crippen molar-refractivity contribution < 1.29 is 15.0 Å². The number of aromatic nitrogens is 1. The minimum Gasteiger partial charge on any atom is -0.465 e. The molecule has 0 aliphatic heterocycles. The van der Waals surface area contributed by atoms with Crippen LogP contribution >= 0.6 is 0 Å². The van der Waals surface area contributed by atoms with E-state index in [1.165, 1.54) is 0 Å². The van der Waals surface area contributed by atoms with Crippen LogP contribution in [0.5, 0.6) is 0 Å². The van der Waals surface area contributed by atoms with Crippen molar-refractivity contribution in [2.45, 2.75) is 51.3 Å². The Kier molecular flexibility index (Phi) is 7.33. The lowest BCUT2D eigenvalue weighted by atomic mass is 9.88. The summed E-state index contributed by atoms with van der Waals surface area (Å²) in [6.45, 7) is 7.24. The fourth-order valence-electron chi connectivity index (χ4n) is 2.81. The van der Waals surface area contributed by atoms with Gasteiger partial charge in [0.15, 0.2) is 0 Å². The molecule has 27 heavy (non-hydrogen) atoms. The zero-order valence-corrected chi connectivity index (χ0v) is 16.1. The summed E-state index contributed by atoms with van der Waals surface area (Å²) < 4.78 is 0. The average molecular weight is 371 g/mol. The Morgan fingerprint density at radius 2 is 1.85 bits per heavy atom. The summed E-state index contributed by atoms with van der Waals surface area (Å²) in [7, 11) is 0. The van der Waals surface area contributed by atoms with Crippen LogP contribution in [0.2, 0.25) is 0 Å². The van der Waals surface area contributed by atoms with Gasteiger partial charge in [-0.2, -0.15) is 0 Å². The summed E-state index contributed by atoms with van der Waals surface area (Å²) in [5, 5.41) is 25.2. The highest BCUT2D eigenvalue weighted by Gasteiger charge is 2.21. The number of pyridine rings is 1. The van der Waals surface area contributed by atoms with Gasteiger partial charge in [0, 0.05) is 25.5 Å². The molecule has 0 fully saturated rings. The normalized spacial score (nSPS) is 13.8. The molecule has 6 heteroatoms. The van der Waals surface area contributed by atoms with E-state index < -0.39 is 18.2 Å². The topological polar surface area (TPSA) is 94.5 Å². The number of carboxylic acid groups (broad SMARTS) is 1. The second kappa shape index (κ2) is 9.48. The minimum absolute atomic E-state index is 0.0225. The van der Waals surface area contributed by atoms with Gasteiger partial charge in [-0.05, 0) is 28.5 Å². The van der Waals surface area contributed by atoms with Crippen LogP contribution in [0.1, 0.15) is 37.5 Å². The van der Waals surface area contributed by atoms with Crippen LogP contribution in [-0.4, -0.2) is 40.0 Å². The number of hydrogen-bond acceptors (Lipinski definition) is 4. The molecule has 1 aromatic carbocycles. The molecule has 2 rings (SSSR count). The molecule has 0 aliphatic rings. The number of carbonyl (C=O) groups is 1. The van der Waals surface area contributed by atoms with E-state index in [9.17, 15) is 9.90 Å². The van der Waals surface area contributed by atoms with Crippen LogP contribution in [0.3, 0.4) is 0 Å². The Bertz CT molecular complexity index is 729. The highest BCUT2D eigenvalue weighted by Crippen LogP contribution is 2.21. The lowest BCUT2D eigenvalue weighted by Crippen LogP contribution is -2.48. The predicted octanol–water partition coefficient (Wildman–Crippen LogP) is 2.71. The summed E-state index contributed by atoms with van der Waals surface area (Å²) in [6, 6.07) is 11.0. The summed E-state index contributed by atoms with van der Waals surface area (Å²) in [4.78, 5) is 15.4. The molecular formula is C21H29N3O3. The van der Waals surface area contributed by atoms with E-state index in [0.29, 0.717) is 13.0 Å². The van der Waals surface area contributed by atoms with Crippen LogP contribution in [0, 0.1) is 0 Å². The van der Waals surface area contributed by atoms with Crippen LogP contribution in [0.25, 0.3) is 0 Å². The van der Waals surface area contributed by atoms with Gasteiger partial charge in [-0.25, -0.2) is 4.79 Å². The van der Waals surface area contributed by atoms with Crippen molar-refractivity contribution in [3.8, 4) is 0 Å². The van der Waals surface area contributed by atoms with E-state index in [4.69, 9.17) is 5.11 Å². The molecular weight excluding hydrogens is 342 g/mol. The average Bonchev–Trinajstić information content (AvgIpc) is 2.61. The largest absolute Gasteiger partial charge is 0.465 e. The molecule has 1 aromatic heterocycles. The lowest BCUT2D eigenvalue weighted by molar-refractivity contribution is 0.117. The summed E-state index contributed by atoms with van der Waals surface area (Å²) in [6.07, 6.45) is 2.10. The van der Waals surface area contributed by atoms with E-state index in [0.717, 1.165) is 16.7 Å². The number of rotatable bonds is 8. The van der Waals surface area contributed by atoms with Crippen molar-refractivity contribution in [1.82, 2.24) is 15.6 Å². The third-order valence-corrected chi connectivity index (χ3v) is 4.42. The highest BCUT2D eigenvalue weighted by atomic mass is 16.4. The van der Waals surface area contributed by atoms with Gasteiger partial charge in [0.1, 0.15) is 0 Å². The first kappa shape index (κ1) is 20.9. The van der Waals surface area contributed by atoms with Crippen LogP contribution in [-0.2, 0) is 18.4 Å². The Hall–Kier alpha value is -2.44. The Labute approximate surface area is 160 Å². The number of nitrogens with zero attached hydrogens (tertiary/aromatic N) is 1. The van der Waals surface area contributed by atoms with Gasteiger partial charge in [0.05, 0.1) is 12.1 Å². The molecule has 0 aliphatic carbocycles. The summed E-state index contributed by atoms with van der Waals surface area (Å²) in [5.74, 6) is 0. The summed E-state index contributed by atoms with van der Waals surface area (Å²) in [5.41, 5.74) is 3.17. The lowest BCUT2D eigenvalue weighted by Gasteiger charge is -2.24. The van der Waals surface area contributed by atoms with Gasteiger partial charge >= 0.3 is 6.09 Å². The van der Waals surface area contributed by atoms with E-state index >= 15 is 0 Å². The van der Waals surface area contributed by atoms with Gasteiger partial charge in [-0.1, -0.05) is 57.2 Å². The monoisotopic (exact) mass is 371 g/mol. The van der Waals surface area contributed by atoms with Gasteiger partial charge in [0.2, 0.25) is 0 Å². The van der Waals surface area contributed by atoms with Crippen molar-refractivity contribution >= 4 is 6.09 Å². The van der Waals surface area contributed by atoms with Crippen molar-refractivity contribution in [1.29, 1.82) is 0 Å². The molecule has 146 valence electrons. The molecule has 0 radical (unpaired) electrons. The predicted molar refractivity (Wildman–Crippen MR) is 106 cm³/mol. The first-order valence-electron chi connectivity index (χ1n) is 9.12. The quantitative estimate of drug-likeness (QED) is 0.572.